The van der Waals surface area contributed by atoms with Crippen LogP contribution in [-0.2, 0) is 6.18 Å². The monoisotopic (exact) mass is 391 g/mol. The average Bonchev–Trinajstić information content (AvgIpc) is 2.68. The molecule has 148 valence electrons. The molecular formula is C20H20F3N3O2. The minimum Gasteiger partial charge on any atom is -0.368 e. The van der Waals surface area contributed by atoms with Gasteiger partial charge < -0.3 is 15.1 Å². The van der Waals surface area contributed by atoms with Crippen LogP contribution in [0.15, 0.2) is 48.5 Å². The second-order valence-corrected chi connectivity index (χ2v) is 6.55. The Balaban J connectivity index is 1.64. The molecule has 1 saturated heterocycles. The van der Waals surface area contributed by atoms with Crippen molar-refractivity contribution in [2.24, 2.45) is 0 Å². The first kappa shape index (κ1) is 19.7. The summed E-state index contributed by atoms with van der Waals surface area (Å²) in [4.78, 5) is 27.5. The highest BCUT2D eigenvalue weighted by molar-refractivity contribution is 5.95. The van der Waals surface area contributed by atoms with Gasteiger partial charge in [-0.3, -0.25) is 4.79 Å². The Bertz CT molecular complexity index is 875. The summed E-state index contributed by atoms with van der Waals surface area (Å²) in [6.45, 7) is 3.28. The van der Waals surface area contributed by atoms with Crippen molar-refractivity contribution in [1.82, 2.24) is 4.90 Å². The van der Waals surface area contributed by atoms with Gasteiger partial charge in [-0.05, 0) is 31.2 Å². The quantitative estimate of drug-likeness (QED) is 0.796. The highest BCUT2D eigenvalue weighted by atomic mass is 19.4. The molecule has 0 saturated carbocycles. The maximum atomic E-state index is 13.1. The van der Waals surface area contributed by atoms with Gasteiger partial charge in [-0.15, -0.1) is 0 Å². The van der Waals surface area contributed by atoms with Crippen LogP contribution in [0.25, 0.3) is 0 Å². The molecule has 1 aliphatic rings. The number of benzene rings is 2. The molecule has 0 atom stereocenters. The lowest BCUT2D eigenvalue weighted by Crippen LogP contribution is -2.50. The van der Waals surface area contributed by atoms with Crippen LogP contribution in [0.2, 0.25) is 0 Å². The van der Waals surface area contributed by atoms with Crippen molar-refractivity contribution in [2.45, 2.75) is 13.1 Å². The van der Waals surface area contributed by atoms with Crippen LogP contribution in [0.5, 0.6) is 0 Å². The number of nitrogens with zero attached hydrogens (tertiary/aromatic N) is 2. The molecule has 0 spiro atoms. The zero-order valence-corrected chi connectivity index (χ0v) is 15.3. The Morgan fingerprint density at radius 2 is 1.64 bits per heavy atom. The van der Waals surface area contributed by atoms with E-state index in [1.165, 1.54) is 30.0 Å². The van der Waals surface area contributed by atoms with Crippen LogP contribution in [0, 0.1) is 0 Å². The number of para-hydroxylation sites is 1. The van der Waals surface area contributed by atoms with Gasteiger partial charge in [0.15, 0.2) is 5.78 Å². The summed E-state index contributed by atoms with van der Waals surface area (Å²) in [5.41, 5.74) is 0.372. The van der Waals surface area contributed by atoms with Gasteiger partial charge >= 0.3 is 12.2 Å². The molecule has 1 aliphatic heterocycles. The Morgan fingerprint density at radius 3 is 2.29 bits per heavy atom. The molecule has 28 heavy (non-hydrogen) atoms. The standard InChI is InChI=1S/C20H20F3N3O2/c1-14(27)15-5-4-6-16(13-15)25-9-11-26(12-10-25)19(28)24-18-8-3-2-7-17(18)20(21,22)23/h2-8,13H,9-12H2,1H3,(H,24,28). The summed E-state index contributed by atoms with van der Waals surface area (Å²) in [5.74, 6) is -0.0248. The maximum absolute atomic E-state index is 13.1. The topological polar surface area (TPSA) is 52.7 Å². The number of hydrogen-bond donors (Lipinski definition) is 1. The van der Waals surface area contributed by atoms with Crippen LogP contribution < -0.4 is 10.2 Å². The number of Topliss-reactive ketones (excluding diaryl/α,β-unsaturated/α-hetero) is 1. The zero-order valence-electron chi connectivity index (χ0n) is 15.3. The molecule has 0 bridgehead atoms. The largest absolute Gasteiger partial charge is 0.418 e. The lowest BCUT2D eigenvalue weighted by Gasteiger charge is -2.36. The molecule has 8 heteroatoms. The molecule has 3 rings (SSSR count). The van der Waals surface area contributed by atoms with Crippen molar-refractivity contribution in [3.8, 4) is 0 Å². The lowest BCUT2D eigenvalue weighted by molar-refractivity contribution is -0.136. The Labute approximate surface area is 160 Å². The number of ketones is 1. The van der Waals surface area contributed by atoms with Crippen LogP contribution in [-0.4, -0.2) is 42.9 Å². The predicted molar refractivity (Wildman–Crippen MR) is 101 cm³/mol. The Morgan fingerprint density at radius 1 is 0.964 bits per heavy atom. The fourth-order valence-electron chi connectivity index (χ4n) is 3.12. The van der Waals surface area contributed by atoms with E-state index in [0.29, 0.717) is 31.7 Å². The molecule has 1 N–H and O–H groups in total. The van der Waals surface area contributed by atoms with E-state index in [0.717, 1.165) is 11.8 Å². The number of piperazine rings is 1. The van der Waals surface area contributed by atoms with E-state index in [9.17, 15) is 22.8 Å². The molecule has 1 fully saturated rings. The molecule has 5 nitrogen and oxygen atoms in total. The maximum Gasteiger partial charge on any atom is 0.418 e. The summed E-state index contributed by atoms with van der Waals surface area (Å²) in [7, 11) is 0. The van der Waals surface area contributed by atoms with Crippen LogP contribution in [0.4, 0.5) is 29.3 Å². The minimum atomic E-state index is -4.54. The molecule has 0 aliphatic carbocycles. The first-order valence-electron chi connectivity index (χ1n) is 8.84. The first-order chi connectivity index (χ1) is 13.3. The van der Waals surface area contributed by atoms with Crippen molar-refractivity contribution >= 4 is 23.2 Å². The van der Waals surface area contributed by atoms with Gasteiger partial charge in [0.25, 0.3) is 0 Å². The van der Waals surface area contributed by atoms with E-state index < -0.39 is 17.8 Å². The van der Waals surface area contributed by atoms with E-state index in [4.69, 9.17) is 0 Å². The van der Waals surface area contributed by atoms with Gasteiger partial charge in [-0.25, -0.2) is 4.79 Å². The molecule has 2 aromatic carbocycles. The number of anilines is 2. The Hall–Kier alpha value is -3.03. The van der Waals surface area contributed by atoms with Crippen molar-refractivity contribution in [1.29, 1.82) is 0 Å². The second kappa shape index (κ2) is 7.92. The van der Waals surface area contributed by atoms with E-state index in [1.807, 2.05) is 11.0 Å². The number of nitrogens with one attached hydrogen (secondary N) is 1. The number of carbonyl (C=O) groups is 2. The van der Waals surface area contributed by atoms with Gasteiger partial charge in [0.2, 0.25) is 0 Å². The van der Waals surface area contributed by atoms with Gasteiger partial charge in [0.05, 0.1) is 11.3 Å². The van der Waals surface area contributed by atoms with Crippen molar-refractivity contribution < 1.29 is 22.8 Å². The molecule has 2 aromatic rings. The molecule has 0 aromatic heterocycles. The fraction of sp³-hybridized carbons (Fsp3) is 0.300. The lowest BCUT2D eigenvalue weighted by atomic mass is 10.1. The molecule has 2 amide bonds. The van der Waals surface area contributed by atoms with Crippen molar-refractivity contribution in [3.63, 3.8) is 0 Å². The summed E-state index contributed by atoms with van der Waals surface area (Å²) in [6.07, 6.45) is -4.54. The fourth-order valence-corrected chi connectivity index (χ4v) is 3.12. The van der Waals surface area contributed by atoms with Crippen LogP contribution in [0.1, 0.15) is 22.8 Å². The third-order valence-electron chi connectivity index (χ3n) is 4.66. The number of carbonyl (C=O) groups excluding carboxylic acids is 2. The number of hydrogen-bond acceptors (Lipinski definition) is 3. The zero-order chi connectivity index (χ0) is 20.3. The number of amides is 2. The van der Waals surface area contributed by atoms with E-state index in [2.05, 4.69) is 5.32 Å². The van der Waals surface area contributed by atoms with Gasteiger partial charge in [-0.1, -0.05) is 24.3 Å². The summed E-state index contributed by atoms with van der Waals surface area (Å²) in [6, 6.07) is 11.6. The van der Waals surface area contributed by atoms with Crippen LogP contribution >= 0.6 is 0 Å². The minimum absolute atomic E-state index is 0.0248. The van der Waals surface area contributed by atoms with E-state index in [-0.39, 0.29) is 11.5 Å². The summed E-state index contributed by atoms with van der Waals surface area (Å²) in [5, 5.41) is 2.37. The normalized spacial score (nSPS) is 14.7. The Kier molecular flexibility index (Phi) is 5.58. The van der Waals surface area contributed by atoms with Gasteiger partial charge in [0, 0.05) is 37.4 Å². The number of halogens is 3. The molecule has 0 unspecified atom stereocenters. The number of alkyl halides is 3. The average molecular weight is 391 g/mol. The van der Waals surface area contributed by atoms with Crippen LogP contribution in [0.3, 0.4) is 0 Å². The third-order valence-corrected chi connectivity index (χ3v) is 4.66. The van der Waals surface area contributed by atoms with E-state index in [1.54, 1.807) is 18.2 Å². The number of rotatable bonds is 3. The second-order valence-electron chi connectivity index (χ2n) is 6.55. The molecule has 1 heterocycles. The van der Waals surface area contributed by atoms with E-state index >= 15 is 0 Å². The SMILES string of the molecule is CC(=O)c1cccc(N2CCN(C(=O)Nc3ccccc3C(F)(F)F)CC2)c1. The summed E-state index contributed by atoms with van der Waals surface area (Å²) < 4.78 is 39.2. The first-order valence-corrected chi connectivity index (χ1v) is 8.84. The smallest absolute Gasteiger partial charge is 0.368 e. The number of urea groups is 1. The molecule has 0 radical (unpaired) electrons. The predicted octanol–water partition coefficient (Wildman–Crippen LogP) is 4.26. The third kappa shape index (κ3) is 4.44. The summed E-state index contributed by atoms with van der Waals surface area (Å²) >= 11 is 0. The highest BCUT2D eigenvalue weighted by Gasteiger charge is 2.34. The van der Waals surface area contributed by atoms with Gasteiger partial charge in [-0.2, -0.15) is 13.2 Å². The highest BCUT2D eigenvalue weighted by Crippen LogP contribution is 2.34. The molecular weight excluding hydrogens is 371 g/mol. The van der Waals surface area contributed by atoms with Gasteiger partial charge in [0.1, 0.15) is 0 Å². The van der Waals surface area contributed by atoms with Crippen molar-refractivity contribution in [2.75, 3.05) is 36.4 Å². The van der Waals surface area contributed by atoms with Crippen molar-refractivity contribution in [3.05, 3.63) is 59.7 Å².